The fraction of sp³-hybridized carbons (Fsp3) is 0.229. The molecule has 9 nitrogen and oxygen atoms in total. The van der Waals surface area contributed by atoms with Crippen molar-refractivity contribution in [2.75, 3.05) is 39.0 Å². The average Bonchev–Trinajstić information content (AvgIpc) is 3.66. The molecule has 4 heterocycles. The molecule has 1 N–H and O–H groups in total. The van der Waals surface area contributed by atoms with E-state index in [1.165, 1.54) is 0 Å². The molecule has 0 aliphatic carbocycles. The Bertz CT molecular complexity index is 1850. The molecule has 45 heavy (non-hydrogen) atoms. The number of amides is 1. The smallest absolute Gasteiger partial charge is 0.253 e. The first-order valence-electron chi connectivity index (χ1n) is 14.9. The van der Waals surface area contributed by atoms with Crippen LogP contribution in [0.25, 0.3) is 28.0 Å². The zero-order valence-electron chi connectivity index (χ0n) is 25.2. The molecule has 0 saturated carbocycles. The van der Waals surface area contributed by atoms with E-state index in [9.17, 15) is 9.59 Å². The molecule has 10 heteroatoms. The van der Waals surface area contributed by atoms with E-state index in [0.29, 0.717) is 36.0 Å². The van der Waals surface area contributed by atoms with Crippen LogP contribution in [0.1, 0.15) is 22.3 Å². The lowest BCUT2D eigenvalue weighted by molar-refractivity contribution is -0.114. The fourth-order valence-corrected chi connectivity index (χ4v) is 5.60. The highest BCUT2D eigenvalue weighted by atomic mass is 35.5. The van der Waals surface area contributed by atoms with Gasteiger partial charge in [-0.2, -0.15) is 5.10 Å². The minimum atomic E-state index is -0.0308. The lowest BCUT2D eigenvalue weighted by Crippen LogP contribution is -2.31. The molecule has 1 saturated heterocycles. The number of likely N-dealkylation sites (tertiary alicyclic amines) is 1. The van der Waals surface area contributed by atoms with Crippen LogP contribution in [0.3, 0.4) is 0 Å². The molecular weight excluding hydrogens is 586 g/mol. The van der Waals surface area contributed by atoms with E-state index in [1.807, 2.05) is 101 Å². The summed E-state index contributed by atoms with van der Waals surface area (Å²) in [5.74, 6) is 0.507. The van der Waals surface area contributed by atoms with Crippen LogP contribution in [0, 0.1) is 0 Å². The molecule has 3 aromatic heterocycles. The van der Waals surface area contributed by atoms with Crippen LogP contribution in [-0.2, 0) is 11.2 Å². The van der Waals surface area contributed by atoms with Gasteiger partial charge in [-0.25, -0.2) is 14.5 Å². The Balaban J connectivity index is 1.13. The van der Waals surface area contributed by atoms with Crippen LogP contribution >= 0.6 is 11.6 Å². The molecule has 5 aromatic rings. The minimum absolute atomic E-state index is 0.00897. The van der Waals surface area contributed by atoms with Crippen molar-refractivity contribution < 1.29 is 9.59 Å². The monoisotopic (exact) mass is 619 g/mol. The number of fused-ring (bicyclic) bond motifs is 1. The summed E-state index contributed by atoms with van der Waals surface area (Å²) in [7, 11) is 3.91. The number of hydrogen-bond acceptors (Lipinski definition) is 7. The molecule has 1 fully saturated rings. The lowest BCUT2D eigenvalue weighted by atomic mass is 10.0. The predicted octanol–water partition coefficient (Wildman–Crippen LogP) is 5.67. The van der Waals surface area contributed by atoms with E-state index in [0.717, 1.165) is 46.6 Å². The number of anilines is 1. The van der Waals surface area contributed by atoms with Crippen LogP contribution in [0.5, 0.6) is 0 Å². The Morgan fingerprint density at radius 3 is 2.62 bits per heavy atom. The molecule has 0 radical (unpaired) electrons. The Morgan fingerprint density at radius 1 is 1.04 bits per heavy atom. The number of carbonyl (C=O) groups excluding carboxylic acids is 2. The molecule has 2 aromatic carbocycles. The van der Waals surface area contributed by atoms with Gasteiger partial charge in [0.05, 0.1) is 16.8 Å². The van der Waals surface area contributed by atoms with E-state index in [-0.39, 0.29) is 17.7 Å². The zero-order valence-corrected chi connectivity index (χ0v) is 26.0. The fourth-order valence-electron chi connectivity index (χ4n) is 5.48. The lowest BCUT2D eigenvalue weighted by Gasteiger charge is -2.17. The molecule has 228 valence electrons. The van der Waals surface area contributed by atoms with Crippen molar-refractivity contribution in [2.45, 2.75) is 18.9 Å². The van der Waals surface area contributed by atoms with Gasteiger partial charge < -0.3 is 15.1 Å². The summed E-state index contributed by atoms with van der Waals surface area (Å²) in [6.45, 7) is 1.88. The predicted molar refractivity (Wildman–Crippen MR) is 177 cm³/mol. The number of benzene rings is 2. The van der Waals surface area contributed by atoms with Crippen molar-refractivity contribution in [2.24, 2.45) is 0 Å². The number of allylic oxidation sites excluding steroid dienone is 1. The topological polar surface area (TPSA) is 95.7 Å². The minimum Gasteiger partial charge on any atom is -0.350 e. The SMILES string of the molecule is CN(C)C/C=C/C(=O)Cc1ccc(C(=O)N2CC[C@H](Nc3nccc(-c4c(-c5ccc(Cl)cc5)nn5ccccc45)n3)C2)cc1. The molecule has 6 rings (SSSR count). The number of ketones is 1. The summed E-state index contributed by atoms with van der Waals surface area (Å²) < 4.78 is 1.85. The largest absolute Gasteiger partial charge is 0.350 e. The maximum absolute atomic E-state index is 13.3. The summed E-state index contributed by atoms with van der Waals surface area (Å²) >= 11 is 6.15. The summed E-state index contributed by atoms with van der Waals surface area (Å²) in [6.07, 6.45) is 8.22. The van der Waals surface area contributed by atoms with Crippen molar-refractivity contribution >= 4 is 34.8 Å². The first-order valence-corrected chi connectivity index (χ1v) is 15.3. The molecule has 1 aliphatic rings. The van der Waals surface area contributed by atoms with Gasteiger partial charge in [0.15, 0.2) is 5.78 Å². The number of nitrogens with one attached hydrogen (secondary N) is 1. The molecule has 1 atom stereocenters. The highest BCUT2D eigenvalue weighted by molar-refractivity contribution is 6.30. The van der Waals surface area contributed by atoms with Crippen LogP contribution in [0.4, 0.5) is 5.95 Å². The van der Waals surface area contributed by atoms with E-state index in [1.54, 1.807) is 24.4 Å². The maximum Gasteiger partial charge on any atom is 0.253 e. The first kappa shape index (κ1) is 30.2. The second-order valence-electron chi connectivity index (χ2n) is 11.4. The van der Waals surface area contributed by atoms with Gasteiger partial charge in [0, 0.05) is 60.6 Å². The van der Waals surface area contributed by atoms with Crippen LogP contribution in [-0.4, -0.2) is 80.8 Å². The maximum atomic E-state index is 13.3. The molecule has 0 unspecified atom stereocenters. The van der Waals surface area contributed by atoms with Crippen molar-refractivity contribution in [3.05, 3.63) is 113 Å². The number of likely N-dealkylation sites (N-methyl/N-ethyl adjacent to an activating group) is 1. The molecule has 1 amide bonds. The van der Waals surface area contributed by atoms with Gasteiger partial charge in [0.1, 0.15) is 5.69 Å². The van der Waals surface area contributed by atoms with Gasteiger partial charge in [-0.1, -0.05) is 48.0 Å². The number of halogens is 1. The second-order valence-corrected chi connectivity index (χ2v) is 11.8. The second kappa shape index (κ2) is 13.4. The highest BCUT2D eigenvalue weighted by Gasteiger charge is 2.28. The summed E-state index contributed by atoms with van der Waals surface area (Å²) in [5.41, 5.74) is 5.81. The number of carbonyl (C=O) groups is 2. The quantitative estimate of drug-likeness (QED) is 0.201. The van der Waals surface area contributed by atoms with Crippen molar-refractivity contribution in [3.8, 4) is 22.5 Å². The highest BCUT2D eigenvalue weighted by Crippen LogP contribution is 2.35. The van der Waals surface area contributed by atoms with E-state index < -0.39 is 0 Å². The van der Waals surface area contributed by atoms with E-state index in [4.69, 9.17) is 21.7 Å². The van der Waals surface area contributed by atoms with Gasteiger partial charge in [-0.05, 0) is 74.6 Å². The van der Waals surface area contributed by atoms with Gasteiger partial charge in [-0.15, -0.1) is 0 Å². The third kappa shape index (κ3) is 7.11. The zero-order chi connectivity index (χ0) is 31.3. The molecule has 0 bridgehead atoms. The Hall–Kier alpha value is -4.86. The number of rotatable bonds is 10. The summed E-state index contributed by atoms with van der Waals surface area (Å²) in [6, 6.07) is 22.8. The first-order chi connectivity index (χ1) is 21.8. The van der Waals surface area contributed by atoms with Gasteiger partial charge >= 0.3 is 0 Å². The molecular formula is C35H34ClN7O2. The van der Waals surface area contributed by atoms with Gasteiger partial charge in [0.25, 0.3) is 5.91 Å². The van der Waals surface area contributed by atoms with Crippen LogP contribution in [0.2, 0.25) is 5.02 Å². The number of aromatic nitrogens is 4. The third-order valence-corrected chi connectivity index (χ3v) is 7.98. The van der Waals surface area contributed by atoms with Crippen LogP contribution in [0.15, 0.2) is 97.3 Å². The van der Waals surface area contributed by atoms with Crippen molar-refractivity contribution in [1.82, 2.24) is 29.4 Å². The Kier molecular flexibility index (Phi) is 9.00. The van der Waals surface area contributed by atoms with Gasteiger partial charge in [0.2, 0.25) is 5.95 Å². The Morgan fingerprint density at radius 2 is 1.84 bits per heavy atom. The average molecular weight is 620 g/mol. The van der Waals surface area contributed by atoms with Crippen LogP contribution < -0.4 is 5.32 Å². The van der Waals surface area contributed by atoms with E-state index >= 15 is 0 Å². The standard InChI is InChI=1S/C35H34ClN7O2/c1-41(2)19-5-6-29(44)22-24-8-10-26(11-9-24)34(45)42-21-17-28(23-42)38-35-37-18-16-30(39-35)32-31-7-3-4-20-43(31)40-33(32)25-12-14-27(36)15-13-25/h3-16,18,20,28H,17,19,21-23H2,1-2H3,(H,37,38,39)/b6-5+/t28-/m0/s1. The Labute approximate surface area is 267 Å². The molecule has 1 aliphatic heterocycles. The number of hydrogen-bond donors (Lipinski definition) is 1. The van der Waals surface area contributed by atoms with E-state index in [2.05, 4.69) is 10.3 Å². The summed E-state index contributed by atoms with van der Waals surface area (Å²) in [5, 5.41) is 8.95. The summed E-state index contributed by atoms with van der Waals surface area (Å²) in [4.78, 5) is 38.7. The molecule has 0 spiro atoms. The number of nitrogens with zero attached hydrogens (tertiary/aromatic N) is 6. The van der Waals surface area contributed by atoms with Gasteiger partial charge in [-0.3, -0.25) is 9.59 Å². The van der Waals surface area contributed by atoms with Crippen molar-refractivity contribution in [3.63, 3.8) is 0 Å². The number of pyridine rings is 1. The third-order valence-electron chi connectivity index (χ3n) is 7.73. The normalized spacial score (nSPS) is 14.9. The van der Waals surface area contributed by atoms with Crippen molar-refractivity contribution in [1.29, 1.82) is 0 Å².